The van der Waals surface area contributed by atoms with Crippen LogP contribution in [0.1, 0.15) is 110 Å². The summed E-state index contributed by atoms with van der Waals surface area (Å²) in [5.74, 6) is 0. The third-order valence-corrected chi connectivity index (χ3v) is 5.96. The molecule has 1 N–H and O–H groups in total. The van der Waals surface area contributed by atoms with Gasteiger partial charge in [-0.2, -0.15) is 0 Å². The van der Waals surface area contributed by atoms with Gasteiger partial charge in [0.05, 0.1) is 21.5 Å². The molecular formula is C19H39NaO4S. The Morgan fingerprint density at radius 2 is 1.16 bits per heavy atom. The SMILES string of the molecule is CCCCCCCCC(O)CC(CCCCCCCC)S(=O)(=O)[O-].[Na+]. The summed E-state index contributed by atoms with van der Waals surface area (Å²) in [5.41, 5.74) is 0. The first-order chi connectivity index (χ1) is 11.4. The van der Waals surface area contributed by atoms with Crippen LogP contribution in [0.15, 0.2) is 0 Å². The van der Waals surface area contributed by atoms with Gasteiger partial charge in [0.25, 0.3) is 0 Å². The largest absolute Gasteiger partial charge is 1.00 e. The van der Waals surface area contributed by atoms with E-state index < -0.39 is 21.5 Å². The first kappa shape index (κ1) is 28.1. The maximum Gasteiger partial charge on any atom is 1.00 e. The molecule has 0 spiro atoms. The van der Waals surface area contributed by atoms with Crippen molar-refractivity contribution in [1.29, 1.82) is 0 Å². The van der Waals surface area contributed by atoms with Crippen LogP contribution in [0.3, 0.4) is 0 Å². The molecule has 2 unspecified atom stereocenters. The second kappa shape index (κ2) is 18.2. The Balaban J connectivity index is 0. The molecule has 0 heterocycles. The quantitative estimate of drug-likeness (QED) is 0.236. The van der Waals surface area contributed by atoms with Crippen molar-refractivity contribution in [3.63, 3.8) is 0 Å². The van der Waals surface area contributed by atoms with Crippen molar-refractivity contribution in [1.82, 2.24) is 0 Å². The standard InChI is InChI=1S/C19H40O4S.Na/c1-3-5-7-9-11-13-15-18(20)17-19(24(21,22)23)16-14-12-10-8-6-4-2;/h18-20H,3-17H2,1-2H3,(H,21,22,23);/q;+1/p-1. The van der Waals surface area contributed by atoms with Crippen LogP contribution in [0.2, 0.25) is 0 Å². The molecule has 0 aromatic carbocycles. The van der Waals surface area contributed by atoms with Crippen molar-refractivity contribution in [3.05, 3.63) is 0 Å². The van der Waals surface area contributed by atoms with Crippen LogP contribution in [0.25, 0.3) is 0 Å². The Morgan fingerprint density at radius 1 is 0.760 bits per heavy atom. The average Bonchev–Trinajstić information content (AvgIpc) is 2.52. The van der Waals surface area contributed by atoms with Gasteiger partial charge >= 0.3 is 29.6 Å². The molecule has 6 heteroatoms. The summed E-state index contributed by atoms with van der Waals surface area (Å²) in [7, 11) is -4.31. The Morgan fingerprint density at radius 3 is 1.60 bits per heavy atom. The van der Waals surface area contributed by atoms with Crippen LogP contribution >= 0.6 is 0 Å². The molecule has 146 valence electrons. The Labute approximate surface area is 178 Å². The van der Waals surface area contributed by atoms with Gasteiger partial charge in [0.1, 0.15) is 0 Å². The zero-order chi connectivity index (χ0) is 18.3. The summed E-state index contributed by atoms with van der Waals surface area (Å²) in [4.78, 5) is 0. The molecule has 0 bridgehead atoms. The molecule has 0 saturated carbocycles. The number of aliphatic hydroxyl groups is 1. The van der Waals surface area contributed by atoms with Crippen LogP contribution < -0.4 is 29.6 Å². The molecule has 0 aromatic rings. The fraction of sp³-hybridized carbons (Fsp3) is 1.00. The third kappa shape index (κ3) is 18.0. The van der Waals surface area contributed by atoms with Gasteiger partial charge in [-0.05, 0) is 19.3 Å². The van der Waals surface area contributed by atoms with Crippen LogP contribution in [-0.4, -0.2) is 29.4 Å². The second-order valence-corrected chi connectivity index (χ2v) is 8.77. The molecule has 0 rings (SSSR count). The molecule has 0 saturated heterocycles. The Kier molecular flexibility index (Phi) is 20.5. The van der Waals surface area contributed by atoms with Gasteiger partial charge in [0.2, 0.25) is 0 Å². The minimum atomic E-state index is -4.31. The van der Waals surface area contributed by atoms with Crippen molar-refractivity contribution in [2.75, 3.05) is 0 Å². The van der Waals surface area contributed by atoms with E-state index in [4.69, 9.17) is 0 Å². The summed E-state index contributed by atoms with van der Waals surface area (Å²) >= 11 is 0. The fourth-order valence-electron chi connectivity index (χ4n) is 3.11. The minimum Gasteiger partial charge on any atom is -0.748 e. The molecule has 0 fully saturated rings. The molecular weight excluding hydrogens is 347 g/mol. The van der Waals surface area contributed by atoms with Gasteiger partial charge in [-0.15, -0.1) is 0 Å². The van der Waals surface area contributed by atoms with E-state index in [0.29, 0.717) is 12.8 Å². The van der Waals surface area contributed by atoms with E-state index in [2.05, 4.69) is 13.8 Å². The molecule has 4 nitrogen and oxygen atoms in total. The maximum absolute atomic E-state index is 11.4. The van der Waals surface area contributed by atoms with Crippen molar-refractivity contribution in [3.8, 4) is 0 Å². The predicted octanol–water partition coefficient (Wildman–Crippen LogP) is 2.16. The summed E-state index contributed by atoms with van der Waals surface area (Å²) in [6.45, 7) is 4.34. The van der Waals surface area contributed by atoms with Gasteiger partial charge < -0.3 is 9.66 Å². The first-order valence-corrected chi connectivity index (χ1v) is 11.5. The summed E-state index contributed by atoms with van der Waals surface area (Å²) in [5, 5.41) is 9.14. The molecule has 0 aliphatic heterocycles. The van der Waals surface area contributed by atoms with Crippen molar-refractivity contribution >= 4 is 10.1 Å². The predicted molar refractivity (Wildman–Crippen MR) is 100 cm³/mol. The number of aliphatic hydroxyl groups excluding tert-OH is 1. The average molecular weight is 387 g/mol. The van der Waals surface area contributed by atoms with Gasteiger partial charge in [0.15, 0.2) is 0 Å². The normalized spacial score (nSPS) is 14.1. The van der Waals surface area contributed by atoms with E-state index in [0.717, 1.165) is 32.1 Å². The van der Waals surface area contributed by atoms with E-state index in [1.165, 1.54) is 44.9 Å². The van der Waals surface area contributed by atoms with Gasteiger partial charge in [-0.3, -0.25) is 0 Å². The van der Waals surface area contributed by atoms with E-state index in [-0.39, 0.29) is 36.0 Å². The van der Waals surface area contributed by atoms with Crippen molar-refractivity contribution in [2.24, 2.45) is 0 Å². The van der Waals surface area contributed by atoms with Crippen molar-refractivity contribution < 1.29 is 47.6 Å². The zero-order valence-corrected chi connectivity index (χ0v) is 19.7. The van der Waals surface area contributed by atoms with Crippen molar-refractivity contribution in [2.45, 2.75) is 122 Å². The maximum atomic E-state index is 11.4. The topological polar surface area (TPSA) is 77.4 Å². The zero-order valence-electron chi connectivity index (χ0n) is 16.8. The summed E-state index contributed by atoms with van der Waals surface area (Å²) in [6.07, 6.45) is 13.7. The third-order valence-electron chi connectivity index (χ3n) is 4.71. The number of hydrogen-bond donors (Lipinski definition) is 1. The van der Waals surface area contributed by atoms with Gasteiger partial charge in [0, 0.05) is 0 Å². The monoisotopic (exact) mass is 386 g/mol. The van der Waals surface area contributed by atoms with Crippen LogP contribution in [0, 0.1) is 0 Å². The van der Waals surface area contributed by atoms with Crippen LogP contribution in [0.5, 0.6) is 0 Å². The molecule has 25 heavy (non-hydrogen) atoms. The molecule has 2 atom stereocenters. The number of hydrogen-bond acceptors (Lipinski definition) is 4. The van der Waals surface area contributed by atoms with Gasteiger partial charge in [-0.1, -0.05) is 90.9 Å². The Bertz CT molecular complexity index is 374. The molecule has 0 aliphatic rings. The summed E-state index contributed by atoms with van der Waals surface area (Å²) < 4.78 is 34.2. The molecule has 0 aliphatic carbocycles. The van der Waals surface area contributed by atoms with E-state index >= 15 is 0 Å². The minimum absolute atomic E-state index is 0. The number of rotatable bonds is 17. The van der Waals surface area contributed by atoms with Crippen LogP contribution in [0.4, 0.5) is 0 Å². The number of unbranched alkanes of at least 4 members (excludes halogenated alkanes) is 10. The smallest absolute Gasteiger partial charge is 0.748 e. The van der Waals surface area contributed by atoms with E-state index in [9.17, 15) is 18.1 Å². The molecule has 0 aromatic heterocycles. The van der Waals surface area contributed by atoms with Gasteiger partial charge in [-0.25, -0.2) is 8.42 Å². The molecule has 0 amide bonds. The van der Waals surface area contributed by atoms with Crippen LogP contribution in [-0.2, 0) is 10.1 Å². The fourth-order valence-corrected chi connectivity index (χ4v) is 4.03. The molecule has 0 radical (unpaired) electrons. The second-order valence-electron chi connectivity index (χ2n) is 7.12. The van der Waals surface area contributed by atoms with E-state index in [1.807, 2.05) is 0 Å². The first-order valence-electron chi connectivity index (χ1n) is 10.0. The summed E-state index contributed by atoms with van der Waals surface area (Å²) in [6, 6.07) is 0. The Hall–Kier alpha value is 0.870. The van der Waals surface area contributed by atoms with E-state index in [1.54, 1.807) is 0 Å².